The lowest BCUT2D eigenvalue weighted by atomic mass is 10.0. The van der Waals surface area contributed by atoms with E-state index in [1.165, 1.54) is 12.1 Å². The summed E-state index contributed by atoms with van der Waals surface area (Å²) in [5.74, 6) is 0.0235. The molecule has 0 spiro atoms. The number of aryl methyl sites for hydroxylation is 1. The highest BCUT2D eigenvalue weighted by atomic mass is 32.2. The maximum Gasteiger partial charge on any atom is 0.241 e. The summed E-state index contributed by atoms with van der Waals surface area (Å²) in [7, 11) is -1.95. The van der Waals surface area contributed by atoms with Crippen LogP contribution in [0.1, 0.15) is 37.8 Å². The SMILES string of the molecule is CNCc1cc(S(=O)(=O)NC(C)(C)C2CC2)cc(C)c1F. The first-order valence-electron chi connectivity index (χ1n) is 7.15. The zero-order chi connectivity index (χ0) is 15.8. The number of hydrogen-bond acceptors (Lipinski definition) is 3. The Kier molecular flexibility index (Phi) is 4.42. The molecule has 0 amide bonds. The van der Waals surface area contributed by atoms with Crippen LogP contribution in [-0.2, 0) is 16.6 Å². The number of nitrogens with one attached hydrogen (secondary N) is 2. The summed E-state index contributed by atoms with van der Waals surface area (Å²) in [6.45, 7) is 5.67. The van der Waals surface area contributed by atoms with Crippen molar-refractivity contribution in [3.05, 3.63) is 29.1 Å². The normalized spacial score (nSPS) is 16.2. The topological polar surface area (TPSA) is 58.2 Å². The molecule has 21 heavy (non-hydrogen) atoms. The van der Waals surface area contributed by atoms with Crippen LogP contribution < -0.4 is 10.0 Å². The van der Waals surface area contributed by atoms with Crippen molar-refractivity contribution in [3.63, 3.8) is 0 Å². The second-order valence-electron chi connectivity index (χ2n) is 6.35. The van der Waals surface area contributed by atoms with Crippen molar-refractivity contribution < 1.29 is 12.8 Å². The third kappa shape index (κ3) is 3.62. The predicted molar refractivity (Wildman–Crippen MR) is 81.0 cm³/mol. The van der Waals surface area contributed by atoms with E-state index in [0.717, 1.165) is 12.8 Å². The summed E-state index contributed by atoms with van der Waals surface area (Å²) in [4.78, 5) is 0.125. The standard InChI is InChI=1S/C15H23FN2O2S/c1-10-7-13(8-11(9-17-4)14(10)16)21(19,20)18-15(2,3)12-5-6-12/h7-8,12,17-18H,5-6,9H2,1-4H3. The number of hydrogen-bond donors (Lipinski definition) is 2. The van der Waals surface area contributed by atoms with Gasteiger partial charge in [-0.15, -0.1) is 0 Å². The summed E-state index contributed by atoms with van der Waals surface area (Å²) in [6.07, 6.45) is 2.09. The van der Waals surface area contributed by atoms with Gasteiger partial charge in [-0.1, -0.05) is 0 Å². The first kappa shape index (κ1) is 16.4. The van der Waals surface area contributed by atoms with Crippen LogP contribution >= 0.6 is 0 Å². The van der Waals surface area contributed by atoms with Gasteiger partial charge in [0, 0.05) is 17.6 Å². The van der Waals surface area contributed by atoms with Crippen LogP contribution in [-0.4, -0.2) is 21.0 Å². The quantitative estimate of drug-likeness (QED) is 0.847. The van der Waals surface area contributed by atoms with Crippen molar-refractivity contribution >= 4 is 10.0 Å². The molecule has 1 aliphatic carbocycles. The van der Waals surface area contributed by atoms with Crippen LogP contribution in [0.25, 0.3) is 0 Å². The molecule has 0 bridgehead atoms. The van der Waals surface area contributed by atoms with Gasteiger partial charge in [0.1, 0.15) is 5.82 Å². The van der Waals surface area contributed by atoms with Crippen molar-refractivity contribution in [2.24, 2.45) is 5.92 Å². The smallest absolute Gasteiger partial charge is 0.241 e. The Balaban J connectivity index is 2.35. The lowest BCUT2D eigenvalue weighted by Crippen LogP contribution is -2.45. The van der Waals surface area contributed by atoms with Gasteiger partial charge < -0.3 is 5.32 Å². The van der Waals surface area contributed by atoms with E-state index in [-0.39, 0.29) is 10.7 Å². The van der Waals surface area contributed by atoms with Gasteiger partial charge >= 0.3 is 0 Å². The second-order valence-corrected chi connectivity index (χ2v) is 8.03. The molecule has 1 fully saturated rings. The van der Waals surface area contributed by atoms with E-state index < -0.39 is 15.6 Å². The first-order chi connectivity index (χ1) is 9.67. The third-order valence-electron chi connectivity index (χ3n) is 3.98. The van der Waals surface area contributed by atoms with Crippen molar-refractivity contribution in [1.29, 1.82) is 0 Å². The molecule has 2 rings (SSSR count). The minimum absolute atomic E-state index is 0.125. The lowest BCUT2D eigenvalue weighted by molar-refractivity contribution is 0.400. The molecule has 0 aliphatic heterocycles. The monoisotopic (exact) mass is 314 g/mol. The number of halogens is 1. The average Bonchev–Trinajstić information content (AvgIpc) is 3.18. The molecule has 118 valence electrons. The van der Waals surface area contributed by atoms with Gasteiger partial charge in [0.15, 0.2) is 0 Å². The average molecular weight is 314 g/mol. The molecule has 0 saturated heterocycles. The third-order valence-corrected chi connectivity index (χ3v) is 5.63. The predicted octanol–water partition coefficient (Wildman–Crippen LogP) is 2.32. The highest BCUT2D eigenvalue weighted by molar-refractivity contribution is 7.89. The van der Waals surface area contributed by atoms with Gasteiger partial charge in [-0.3, -0.25) is 0 Å². The molecule has 1 aliphatic rings. The fourth-order valence-corrected chi connectivity index (χ4v) is 4.18. The number of benzene rings is 1. The van der Waals surface area contributed by atoms with Crippen molar-refractivity contribution in [1.82, 2.24) is 10.0 Å². The van der Waals surface area contributed by atoms with Crippen LogP contribution in [0.4, 0.5) is 4.39 Å². The van der Waals surface area contributed by atoms with Crippen LogP contribution in [0, 0.1) is 18.7 Å². The summed E-state index contributed by atoms with van der Waals surface area (Å²) >= 11 is 0. The highest BCUT2D eigenvalue weighted by Gasteiger charge is 2.40. The molecule has 0 aromatic heterocycles. The fourth-order valence-electron chi connectivity index (χ4n) is 2.57. The maximum absolute atomic E-state index is 14.0. The van der Waals surface area contributed by atoms with E-state index in [2.05, 4.69) is 10.0 Å². The number of rotatable bonds is 6. The van der Waals surface area contributed by atoms with Gasteiger partial charge in [-0.25, -0.2) is 17.5 Å². The van der Waals surface area contributed by atoms with E-state index >= 15 is 0 Å². The molecular formula is C15H23FN2O2S. The van der Waals surface area contributed by atoms with E-state index in [1.54, 1.807) is 14.0 Å². The number of sulfonamides is 1. The van der Waals surface area contributed by atoms with E-state index in [0.29, 0.717) is 23.6 Å². The van der Waals surface area contributed by atoms with E-state index in [4.69, 9.17) is 0 Å². The minimum Gasteiger partial charge on any atom is -0.316 e. The minimum atomic E-state index is -3.65. The molecule has 0 radical (unpaired) electrons. The largest absolute Gasteiger partial charge is 0.316 e. The van der Waals surface area contributed by atoms with Crippen LogP contribution in [0.2, 0.25) is 0 Å². The molecule has 1 aromatic carbocycles. The zero-order valence-electron chi connectivity index (χ0n) is 13.0. The molecule has 0 unspecified atom stereocenters. The van der Waals surface area contributed by atoms with Gasteiger partial charge in [-0.2, -0.15) is 0 Å². The van der Waals surface area contributed by atoms with Gasteiger partial charge in [-0.05, 0) is 64.3 Å². The summed E-state index contributed by atoms with van der Waals surface area (Å²) in [6, 6.07) is 2.80. The van der Waals surface area contributed by atoms with Crippen molar-refractivity contribution in [3.8, 4) is 0 Å². The first-order valence-corrected chi connectivity index (χ1v) is 8.63. The van der Waals surface area contributed by atoms with E-state index in [1.807, 2.05) is 13.8 Å². The molecule has 4 nitrogen and oxygen atoms in total. The second kappa shape index (κ2) is 5.66. The Bertz CT molecular complexity index is 637. The maximum atomic E-state index is 14.0. The van der Waals surface area contributed by atoms with E-state index in [9.17, 15) is 12.8 Å². The Morgan fingerprint density at radius 1 is 1.33 bits per heavy atom. The Labute approximate surface area is 126 Å². The van der Waals surface area contributed by atoms with Crippen molar-refractivity contribution in [2.45, 2.75) is 50.6 Å². The van der Waals surface area contributed by atoms with Gasteiger partial charge in [0.05, 0.1) is 4.90 Å². The summed E-state index contributed by atoms with van der Waals surface area (Å²) < 4.78 is 41.8. The molecule has 0 atom stereocenters. The molecule has 1 aromatic rings. The van der Waals surface area contributed by atoms with Crippen LogP contribution in [0.5, 0.6) is 0 Å². The molecule has 1 saturated carbocycles. The molecule has 6 heteroatoms. The van der Waals surface area contributed by atoms with Crippen molar-refractivity contribution in [2.75, 3.05) is 7.05 Å². The summed E-state index contributed by atoms with van der Waals surface area (Å²) in [5.41, 5.74) is 0.235. The highest BCUT2D eigenvalue weighted by Crippen LogP contribution is 2.40. The Morgan fingerprint density at radius 2 is 1.95 bits per heavy atom. The van der Waals surface area contributed by atoms with Gasteiger partial charge in [0.25, 0.3) is 0 Å². The fraction of sp³-hybridized carbons (Fsp3) is 0.600. The molecule has 2 N–H and O–H groups in total. The van der Waals surface area contributed by atoms with Crippen LogP contribution in [0.15, 0.2) is 17.0 Å². The Hall–Kier alpha value is -0.980. The molecular weight excluding hydrogens is 291 g/mol. The Morgan fingerprint density at radius 3 is 2.48 bits per heavy atom. The lowest BCUT2D eigenvalue weighted by Gasteiger charge is -2.26. The summed E-state index contributed by atoms with van der Waals surface area (Å²) in [5, 5.41) is 2.85. The van der Waals surface area contributed by atoms with Crippen LogP contribution in [0.3, 0.4) is 0 Å². The zero-order valence-corrected chi connectivity index (χ0v) is 13.8. The molecule has 0 heterocycles. The van der Waals surface area contributed by atoms with Gasteiger partial charge in [0.2, 0.25) is 10.0 Å².